The maximum Gasteiger partial charge on any atom is 0.272 e. The van der Waals surface area contributed by atoms with Gasteiger partial charge in [-0.2, -0.15) is 5.10 Å². The molecule has 2 N–H and O–H groups in total. The van der Waals surface area contributed by atoms with E-state index in [1.807, 2.05) is 24.3 Å². The van der Waals surface area contributed by atoms with E-state index in [1.165, 1.54) is 11.3 Å². The molecule has 3 heterocycles. The van der Waals surface area contributed by atoms with E-state index in [0.717, 1.165) is 41.1 Å². The lowest BCUT2D eigenvalue weighted by molar-refractivity contribution is -0.122. The number of hydrogen-bond acceptors (Lipinski definition) is 6. The number of fused-ring (bicyclic) bond motifs is 1. The van der Waals surface area contributed by atoms with Crippen molar-refractivity contribution in [2.75, 3.05) is 19.0 Å². The largest absolute Gasteiger partial charge is 0.497 e. The Labute approximate surface area is 183 Å². The summed E-state index contributed by atoms with van der Waals surface area (Å²) in [7, 11) is 1.62. The lowest BCUT2D eigenvalue weighted by atomic mass is 9.85. The van der Waals surface area contributed by atoms with Gasteiger partial charge in [0.1, 0.15) is 11.4 Å². The number of nitrogens with one attached hydrogen (secondary N) is 2. The molecule has 2 amide bonds. The molecule has 0 unspecified atom stereocenters. The smallest absolute Gasteiger partial charge is 0.272 e. The number of amides is 2. The van der Waals surface area contributed by atoms with Gasteiger partial charge in [0.25, 0.3) is 5.91 Å². The first-order valence-electron chi connectivity index (χ1n) is 10.4. The third kappa shape index (κ3) is 3.93. The Bertz CT molecular complexity index is 1130. The second-order valence-electron chi connectivity index (χ2n) is 7.88. The van der Waals surface area contributed by atoms with E-state index in [4.69, 9.17) is 4.74 Å². The van der Waals surface area contributed by atoms with Gasteiger partial charge in [0.05, 0.1) is 25.0 Å². The molecule has 8 nitrogen and oxygen atoms in total. The molecule has 2 aliphatic rings. The van der Waals surface area contributed by atoms with Crippen LogP contribution in [0.2, 0.25) is 0 Å². The van der Waals surface area contributed by atoms with Gasteiger partial charge in [0.2, 0.25) is 5.91 Å². The Kier molecular flexibility index (Phi) is 5.19. The van der Waals surface area contributed by atoms with Crippen molar-refractivity contribution in [2.45, 2.75) is 32.2 Å². The fourth-order valence-electron chi connectivity index (χ4n) is 3.83. The third-order valence-electron chi connectivity index (χ3n) is 5.90. The summed E-state index contributed by atoms with van der Waals surface area (Å²) in [6, 6.07) is 9.34. The van der Waals surface area contributed by atoms with E-state index in [9.17, 15) is 9.59 Å². The highest BCUT2D eigenvalue weighted by atomic mass is 32.1. The van der Waals surface area contributed by atoms with Crippen LogP contribution in [0.4, 0.5) is 5.13 Å². The zero-order chi connectivity index (χ0) is 21.4. The van der Waals surface area contributed by atoms with E-state index in [2.05, 4.69) is 20.5 Å². The number of H-pyrrole nitrogens is 1. The fourth-order valence-corrected chi connectivity index (χ4v) is 4.86. The van der Waals surface area contributed by atoms with E-state index in [0.29, 0.717) is 36.0 Å². The van der Waals surface area contributed by atoms with E-state index >= 15 is 0 Å². The molecule has 0 saturated heterocycles. The van der Waals surface area contributed by atoms with Crippen molar-refractivity contribution in [1.29, 1.82) is 0 Å². The van der Waals surface area contributed by atoms with Crippen molar-refractivity contribution in [3.8, 4) is 17.0 Å². The minimum atomic E-state index is -0.0965. The van der Waals surface area contributed by atoms with Gasteiger partial charge in [0.15, 0.2) is 5.13 Å². The van der Waals surface area contributed by atoms with Crippen molar-refractivity contribution in [3.63, 3.8) is 0 Å². The summed E-state index contributed by atoms with van der Waals surface area (Å²) in [5.74, 6) is 0.828. The van der Waals surface area contributed by atoms with Gasteiger partial charge < -0.3 is 15.0 Å². The first-order valence-corrected chi connectivity index (χ1v) is 11.2. The summed E-state index contributed by atoms with van der Waals surface area (Å²) in [5, 5.41) is 10.8. The number of thiazole rings is 1. The second kappa shape index (κ2) is 8.14. The quantitative estimate of drug-likeness (QED) is 0.637. The summed E-state index contributed by atoms with van der Waals surface area (Å²) >= 11 is 1.46. The monoisotopic (exact) mass is 437 g/mol. The van der Waals surface area contributed by atoms with E-state index in [1.54, 1.807) is 18.1 Å². The molecule has 1 saturated carbocycles. The lowest BCUT2D eigenvalue weighted by Crippen LogP contribution is -2.35. The highest BCUT2D eigenvalue weighted by Crippen LogP contribution is 2.32. The van der Waals surface area contributed by atoms with Crippen molar-refractivity contribution in [3.05, 3.63) is 46.6 Å². The number of carbonyl (C=O) groups excluding carboxylic acids is 2. The maximum atomic E-state index is 13.0. The molecule has 1 aliphatic heterocycles. The van der Waals surface area contributed by atoms with Crippen molar-refractivity contribution in [1.82, 2.24) is 20.1 Å². The normalized spacial score (nSPS) is 15.8. The van der Waals surface area contributed by atoms with Gasteiger partial charge in [-0.05, 0) is 31.0 Å². The van der Waals surface area contributed by atoms with Crippen molar-refractivity contribution in [2.24, 2.45) is 5.92 Å². The zero-order valence-electron chi connectivity index (χ0n) is 17.2. The van der Waals surface area contributed by atoms with Crippen molar-refractivity contribution >= 4 is 28.3 Å². The highest BCUT2D eigenvalue weighted by molar-refractivity contribution is 7.15. The Morgan fingerprint density at radius 1 is 1.29 bits per heavy atom. The molecule has 1 aromatic carbocycles. The number of ether oxygens (including phenoxy) is 1. The first kappa shape index (κ1) is 19.7. The molecule has 0 radical (unpaired) electrons. The van der Waals surface area contributed by atoms with Crippen LogP contribution in [0.25, 0.3) is 11.3 Å². The van der Waals surface area contributed by atoms with Crippen molar-refractivity contribution < 1.29 is 14.3 Å². The molecule has 3 aromatic rings. The molecule has 160 valence electrons. The van der Waals surface area contributed by atoms with Crippen LogP contribution in [0.5, 0.6) is 5.75 Å². The first-order chi connectivity index (χ1) is 15.1. The summed E-state index contributed by atoms with van der Waals surface area (Å²) in [6.45, 7) is 1.07. The average molecular weight is 438 g/mol. The van der Waals surface area contributed by atoms with Crippen LogP contribution >= 0.6 is 11.3 Å². The summed E-state index contributed by atoms with van der Waals surface area (Å²) in [4.78, 5) is 32.6. The van der Waals surface area contributed by atoms with Crippen LogP contribution in [0, 0.1) is 5.92 Å². The number of nitrogens with zero attached hydrogens (tertiary/aromatic N) is 3. The summed E-state index contributed by atoms with van der Waals surface area (Å²) in [5.41, 5.74) is 2.99. The number of hydrogen-bond donors (Lipinski definition) is 2. The minimum Gasteiger partial charge on any atom is -0.497 e. The van der Waals surface area contributed by atoms with Crippen LogP contribution < -0.4 is 10.1 Å². The van der Waals surface area contributed by atoms with Crippen LogP contribution in [0.15, 0.2) is 30.3 Å². The molecule has 0 spiro atoms. The zero-order valence-corrected chi connectivity index (χ0v) is 18.0. The molecular weight excluding hydrogens is 414 g/mol. The van der Waals surface area contributed by atoms with Gasteiger partial charge in [-0.1, -0.05) is 29.9 Å². The third-order valence-corrected chi connectivity index (χ3v) is 6.90. The number of aromatic amines is 1. The Morgan fingerprint density at radius 3 is 2.94 bits per heavy atom. The molecule has 2 aromatic heterocycles. The van der Waals surface area contributed by atoms with Crippen LogP contribution in [0.1, 0.15) is 40.3 Å². The van der Waals surface area contributed by atoms with Gasteiger partial charge >= 0.3 is 0 Å². The van der Waals surface area contributed by atoms with Crippen LogP contribution in [0.3, 0.4) is 0 Å². The van der Waals surface area contributed by atoms with Crippen LogP contribution in [-0.4, -0.2) is 45.6 Å². The highest BCUT2D eigenvalue weighted by Gasteiger charge is 2.29. The second-order valence-corrected chi connectivity index (χ2v) is 8.97. The molecule has 31 heavy (non-hydrogen) atoms. The van der Waals surface area contributed by atoms with Gasteiger partial charge in [0, 0.05) is 29.3 Å². The van der Waals surface area contributed by atoms with E-state index in [-0.39, 0.29) is 17.7 Å². The molecule has 9 heteroatoms. The Balaban J connectivity index is 1.27. The molecule has 1 fully saturated rings. The SMILES string of the molecule is COc1cccc(-c2cc(C(=O)N3CCc4nc(NC(=O)C5CCC5)sc4C3)[nH]n2)c1. The predicted molar refractivity (Wildman–Crippen MR) is 117 cm³/mol. The Hall–Kier alpha value is -3.20. The fraction of sp³-hybridized carbons (Fsp3) is 0.364. The number of benzene rings is 1. The average Bonchev–Trinajstić information content (AvgIpc) is 3.38. The summed E-state index contributed by atoms with van der Waals surface area (Å²) in [6.07, 6.45) is 3.71. The van der Waals surface area contributed by atoms with E-state index < -0.39 is 0 Å². The summed E-state index contributed by atoms with van der Waals surface area (Å²) < 4.78 is 5.26. The van der Waals surface area contributed by atoms with Crippen LogP contribution in [-0.2, 0) is 17.8 Å². The topological polar surface area (TPSA) is 100 Å². The number of methoxy groups -OCH3 is 1. The van der Waals surface area contributed by atoms with Gasteiger partial charge in [-0.25, -0.2) is 4.98 Å². The van der Waals surface area contributed by atoms with Gasteiger partial charge in [-0.15, -0.1) is 0 Å². The molecule has 5 rings (SSSR count). The van der Waals surface area contributed by atoms with Gasteiger partial charge in [-0.3, -0.25) is 14.7 Å². The maximum absolute atomic E-state index is 13.0. The number of aromatic nitrogens is 3. The molecule has 0 bridgehead atoms. The molecule has 0 atom stereocenters. The number of anilines is 1. The molecular formula is C22H23N5O3S. The number of carbonyl (C=O) groups is 2. The Morgan fingerprint density at radius 2 is 2.16 bits per heavy atom. The number of rotatable bonds is 5. The molecule has 1 aliphatic carbocycles. The lowest BCUT2D eigenvalue weighted by Gasteiger charge is -2.25. The predicted octanol–water partition coefficient (Wildman–Crippen LogP) is 3.48. The standard InChI is InChI=1S/C22H23N5O3S/c1-30-15-7-3-6-14(10-15)17-11-18(26-25-17)21(29)27-9-8-16-19(12-27)31-22(23-16)24-20(28)13-4-2-5-13/h3,6-7,10-11,13H,2,4-5,8-9,12H2,1H3,(H,25,26)(H,23,24,28). The minimum absolute atomic E-state index is 0.0628.